The van der Waals surface area contributed by atoms with Crippen molar-refractivity contribution in [1.82, 2.24) is 0 Å². The molecular formula is C13H17. The van der Waals surface area contributed by atoms with Crippen LogP contribution < -0.4 is 0 Å². The zero-order valence-electron chi connectivity index (χ0n) is 8.29. The summed E-state index contributed by atoms with van der Waals surface area (Å²) >= 11 is 0. The van der Waals surface area contributed by atoms with Gasteiger partial charge in [-0.05, 0) is 30.9 Å². The lowest BCUT2D eigenvalue weighted by Crippen LogP contribution is -1.83. The van der Waals surface area contributed by atoms with Gasteiger partial charge in [-0.15, -0.1) is 0 Å². The number of hydrogen-bond donors (Lipinski definition) is 0. The van der Waals surface area contributed by atoms with Crippen LogP contribution in [-0.4, -0.2) is 0 Å². The molecule has 0 atom stereocenters. The van der Waals surface area contributed by atoms with Gasteiger partial charge in [-0.25, -0.2) is 0 Å². The normalized spacial score (nSPS) is 10.9. The molecule has 0 amide bonds. The maximum atomic E-state index is 3.67. The number of hydrogen-bond acceptors (Lipinski definition) is 0. The van der Waals surface area contributed by atoms with Gasteiger partial charge in [0.15, 0.2) is 0 Å². The highest BCUT2D eigenvalue weighted by molar-refractivity contribution is 5.49. The highest BCUT2D eigenvalue weighted by Gasteiger charge is 1.91. The van der Waals surface area contributed by atoms with Gasteiger partial charge in [0, 0.05) is 0 Å². The fourth-order valence-electron chi connectivity index (χ4n) is 1.31. The summed E-state index contributed by atoms with van der Waals surface area (Å²) in [5.41, 5.74) is 2.67. The second kappa shape index (κ2) is 5.58. The summed E-state index contributed by atoms with van der Waals surface area (Å²) in [6.45, 7) is 5.89. The lowest BCUT2D eigenvalue weighted by Gasteiger charge is -1.99. The summed E-state index contributed by atoms with van der Waals surface area (Å²) in [5.74, 6) is 0. The number of rotatable bonds is 4. The standard InChI is InChI=1S/C13H17/c1-3-5-7-13-10-8-12(6-4-2)9-11-13/h4,6,8-11H,2-3,5,7H2,1H3/b6-4+. The zero-order valence-corrected chi connectivity index (χ0v) is 8.29. The van der Waals surface area contributed by atoms with Crippen LogP contribution >= 0.6 is 0 Å². The smallest absolute Gasteiger partial charge is 0.0260 e. The van der Waals surface area contributed by atoms with Gasteiger partial charge < -0.3 is 0 Å². The molecule has 0 unspecified atom stereocenters. The Morgan fingerprint density at radius 3 is 2.46 bits per heavy atom. The number of allylic oxidation sites excluding steroid dienone is 1. The van der Waals surface area contributed by atoms with Crippen molar-refractivity contribution < 1.29 is 0 Å². The van der Waals surface area contributed by atoms with Crippen molar-refractivity contribution in [3.8, 4) is 0 Å². The molecular weight excluding hydrogens is 156 g/mol. The molecule has 0 N–H and O–H groups in total. The minimum Gasteiger partial charge on any atom is -0.0836 e. The van der Waals surface area contributed by atoms with Gasteiger partial charge in [0.25, 0.3) is 0 Å². The van der Waals surface area contributed by atoms with Gasteiger partial charge in [0.05, 0.1) is 0 Å². The quantitative estimate of drug-likeness (QED) is 0.648. The van der Waals surface area contributed by atoms with Crippen LogP contribution in [0.25, 0.3) is 6.08 Å². The fourth-order valence-corrected chi connectivity index (χ4v) is 1.31. The number of benzene rings is 1. The summed E-state index contributed by atoms with van der Waals surface area (Å²) in [6.07, 6.45) is 7.58. The van der Waals surface area contributed by atoms with E-state index in [0.717, 1.165) is 0 Å². The van der Waals surface area contributed by atoms with Crippen LogP contribution in [0.3, 0.4) is 0 Å². The van der Waals surface area contributed by atoms with Crippen LogP contribution in [0.15, 0.2) is 30.3 Å². The average molecular weight is 173 g/mol. The van der Waals surface area contributed by atoms with E-state index < -0.39 is 0 Å². The molecule has 0 aliphatic rings. The average Bonchev–Trinajstić information content (AvgIpc) is 2.17. The highest BCUT2D eigenvalue weighted by atomic mass is 14.0. The molecule has 0 aliphatic carbocycles. The SMILES string of the molecule is [CH2]/C=C/c1ccc(CCCC)cc1. The van der Waals surface area contributed by atoms with Crippen LogP contribution in [0.4, 0.5) is 0 Å². The molecule has 1 aromatic rings. The van der Waals surface area contributed by atoms with Gasteiger partial charge in [-0.2, -0.15) is 0 Å². The van der Waals surface area contributed by atoms with E-state index in [0.29, 0.717) is 0 Å². The van der Waals surface area contributed by atoms with Crippen LogP contribution in [0.2, 0.25) is 0 Å². The lowest BCUT2D eigenvalue weighted by atomic mass is 10.1. The van der Waals surface area contributed by atoms with Crippen molar-refractivity contribution in [3.63, 3.8) is 0 Å². The molecule has 0 bridgehead atoms. The first-order chi connectivity index (χ1) is 6.36. The second-order valence-electron chi connectivity index (χ2n) is 3.25. The summed E-state index contributed by atoms with van der Waals surface area (Å²) in [6, 6.07) is 8.69. The second-order valence-corrected chi connectivity index (χ2v) is 3.25. The molecule has 1 radical (unpaired) electrons. The fraction of sp³-hybridized carbons (Fsp3) is 0.308. The predicted molar refractivity (Wildman–Crippen MR) is 59.4 cm³/mol. The van der Waals surface area contributed by atoms with Crippen molar-refractivity contribution in [1.29, 1.82) is 0 Å². The van der Waals surface area contributed by atoms with Gasteiger partial charge in [0.1, 0.15) is 0 Å². The van der Waals surface area contributed by atoms with E-state index in [1.54, 1.807) is 0 Å². The highest BCUT2D eigenvalue weighted by Crippen LogP contribution is 2.08. The van der Waals surface area contributed by atoms with E-state index in [-0.39, 0.29) is 0 Å². The first-order valence-corrected chi connectivity index (χ1v) is 4.91. The summed E-state index contributed by atoms with van der Waals surface area (Å²) in [7, 11) is 0. The van der Waals surface area contributed by atoms with Gasteiger partial charge in [-0.3, -0.25) is 0 Å². The Labute approximate surface area is 81.3 Å². The van der Waals surface area contributed by atoms with Crippen LogP contribution in [-0.2, 0) is 6.42 Å². The summed E-state index contributed by atoms with van der Waals surface area (Å²) in [4.78, 5) is 0. The Hall–Kier alpha value is -1.04. The summed E-state index contributed by atoms with van der Waals surface area (Å²) in [5, 5.41) is 0. The third-order valence-corrected chi connectivity index (χ3v) is 2.11. The molecule has 0 heterocycles. The largest absolute Gasteiger partial charge is 0.0836 e. The predicted octanol–water partition coefficient (Wildman–Crippen LogP) is 3.88. The van der Waals surface area contributed by atoms with Crippen LogP contribution in [0, 0.1) is 6.92 Å². The Morgan fingerprint density at radius 1 is 1.23 bits per heavy atom. The van der Waals surface area contributed by atoms with E-state index in [9.17, 15) is 0 Å². The molecule has 0 aromatic heterocycles. The van der Waals surface area contributed by atoms with E-state index in [1.165, 1.54) is 30.4 Å². The van der Waals surface area contributed by atoms with Crippen molar-refractivity contribution in [2.45, 2.75) is 26.2 Å². The molecule has 1 rings (SSSR count). The van der Waals surface area contributed by atoms with E-state index >= 15 is 0 Å². The molecule has 0 aliphatic heterocycles. The van der Waals surface area contributed by atoms with Crippen molar-refractivity contribution >= 4 is 6.08 Å². The molecule has 0 saturated carbocycles. The minimum absolute atomic E-state index is 1.20. The van der Waals surface area contributed by atoms with E-state index in [2.05, 4.69) is 38.1 Å². The van der Waals surface area contributed by atoms with Gasteiger partial charge in [0.2, 0.25) is 0 Å². The maximum Gasteiger partial charge on any atom is -0.0260 e. The van der Waals surface area contributed by atoms with Crippen molar-refractivity contribution in [2.75, 3.05) is 0 Å². The third kappa shape index (κ3) is 3.45. The van der Waals surface area contributed by atoms with Crippen molar-refractivity contribution in [3.05, 3.63) is 48.4 Å². The van der Waals surface area contributed by atoms with Gasteiger partial charge >= 0.3 is 0 Å². The first kappa shape index (κ1) is 10.0. The van der Waals surface area contributed by atoms with Crippen LogP contribution in [0.5, 0.6) is 0 Å². The van der Waals surface area contributed by atoms with Crippen molar-refractivity contribution in [2.24, 2.45) is 0 Å². The molecule has 69 valence electrons. The minimum atomic E-state index is 1.20. The monoisotopic (exact) mass is 173 g/mol. The first-order valence-electron chi connectivity index (χ1n) is 4.91. The molecule has 0 fully saturated rings. The molecule has 0 spiro atoms. The van der Waals surface area contributed by atoms with E-state index in [4.69, 9.17) is 0 Å². The third-order valence-electron chi connectivity index (χ3n) is 2.11. The number of aryl methyl sites for hydroxylation is 1. The Morgan fingerprint density at radius 2 is 1.92 bits per heavy atom. The molecule has 0 nitrogen and oxygen atoms in total. The zero-order chi connectivity index (χ0) is 9.52. The Kier molecular flexibility index (Phi) is 4.31. The number of unbranched alkanes of at least 4 members (excludes halogenated alkanes) is 1. The topological polar surface area (TPSA) is 0 Å². The molecule has 0 heteroatoms. The Balaban J connectivity index is 2.58. The lowest BCUT2D eigenvalue weighted by molar-refractivity contribution is 0.795. The summed E-state index contributed by atoms with van der Waals surface area (Å²) < 4.78 is 0. The maximum absolute atomic E-state index is 3.67. The van der Waals surface area contributed by atoms with Gasteiger partial charge in [-0.1, -0.05) is 49.8 Å². The molecule has 13 heavy (non-hydrogen) atoms. The Bertz CT molecular complexity index is 254. The van der Waals surface area contributed by atoms with E-state index in [1.807, 2.05) is 12.2 Å². The molecule has 0 saturated heterocycles. The molecule has 1 aromatic carbocycles. The van der Waals surface area contributed by atoms with Crippen LogP contribution in [0.1, 0.15) is 30.9 Å².